The van der Waals surface area contributed by atoms with Crippen LogP contribution in [0.5, 0.6) is 11.5 Å². The van der Waals surface area contributed by atoms with Crippen LogP contribution in [-0.4, -0.2) is 45.4 Å². The lowest BCUT2D eigenvalue weighted by Crippen LogP contribution is -2.30. The average Bonchev–Trinajstić information content (AvgIpc) is 2.73. The first-order chi connectivity index (χ1) is 14.3. The van der Waals surface area contributed by atoms with Crippen LogP contribution < -0.4 is 14.8 Å². The van der Waals surface area contributed by atoms with Gasteiger partial charge in [0.15, 0.2) is 6.61 Å². The van der Waals surface area contributed by atoms with Crippen molar-refractivity contribution in [1.82, 2.24) is 4.31 Å². The summed E-state index contributed by atoms with van der Waals surface area (Å²) in [5.74, 6) is 0.472. The zero-order valence-corrected chi connectivity index (χ0v) is 20.0. The van der Waals surface area contributed by atoms with Crippen molar-refractivity contribution in [3.8, 4) is 11.5 Å². The molecule has 0 radical (unpaired) electrons. The molecule has 0 unspecified atom stereocenters. The lowest BCUT2D eigenvalue weighted by Gasteiger charge is -2.19. The molecule has 1 N–H and O–H groups in total. The number of hydrogen-bond donors (Lipinski definition) is 1. The molecule has 0 saturated heterocycles. The molecule has 2 aromatic rings. The van der Waals surface area contributed by atoms with Crippen LogP contribution in [0.2, 0.25) is 0 Å². The van der Waals surface area contributed by atoms with E-state index in [2.05, 4.69) is 28.2 Å². The molecule has 0 fully saturated rings. The summed E-state index contributed by atoms with van der Waals surface area (Å²) in [5, 5.41) is 2.67. The highest BCUT2D eigenvalue weighted by Crippen LogP contribution is 2.29. The molecule has 0 aromatic heterocycles. The number of carbonyl (C=O) groups excluding carboxylic acids is 1. The van der Waals surface area contributed by atoms with Crippen LogP contribution in [-0.2, 0) is 21.2 Å². The molecule has 0 atom stereocenters. The van der Waals surface area contributed by atoms with Gasteiger partial charge >= 0.3 is 0 Å². The van der Waals surface area contributed by atoms with Crippen molar-refractivity contribution in [2.45, 2.75) is 32.1 Å². The first-order valence-electron chi connectivity index (χ1n) is 9.66. The van der Waals surface area contributed by atoms with E-state index >= 15 is 0 Å². The summed E-state index contributed by atoms with van der Waals surface area (Å²) in [5.41, 5.74) is 1.41. The largest absolute Gasteiger partial charge is 0.495 e. The highest BCUT2D eigenvalue weighted by Gasteiger charge is 2.23. The topological polar surface area (TPSA) is 84.9 Å². The van der Waals surface area contributed by atoms with Crippen LogP contribution in [0.25, 0.3) is 0 Å². The average molecular weight is 499 g/mol. The Morgan fingerprint density at radius 1 is 1.07 bits per heavy atom. The van der Waals surface area contributed by atoms with E-state index in [-0.39, 0.29) is 17.2 Å². The maximum Gasteiger partial charge on any atom is 0.262 e. The molecule has 9 heteroatoms. The minimum absolute atomic E-state index is 0.0844. The molecular formula is C21H27BrN2O5S. The molecule has 2 aromatic carbocycles. The number of ether oxygens (including phenoxy) is 2. The van der Waals surface area contributed by atoms with E-state index in [1.54, 1.807) is 19.9 Å². The third-order valence-corrected chi connectivity index (χ3v) is 7.22. The van der Waals surface area contributed by atoms with E-state index in [4.69, 9.17) is 9.47 Å². The molecule has 0 bridgehead atoms. The SMILES string of the molecule is CCc1ccc(OCC(=O)Nc2cc(S(=O)(=O)N(CC)CC)ccc2OC)c(Br)c1. The molecular weight excluding hydrogens is 472 g/mol. The molecule has 0 heterocycles. The number of amides is 1. The lowest BCUT2D eigenvalue weighted by molar-refractivity contribution is -0.118. The van der Waals surface area contributed by atoms with E-state index in [1.807, 2.05) is 12.1 Å². The van der Waals surface area contributed by atoms with Crippen LogP contribution in [0.3, 0.4) is 0 Å². The fraction of sp³-hybridized carbons (Fsp3) is 0.381. The number of nitrogens with zero attached hydrogens (tertiary/aromatic N) is 1. The standard InChI is InChI=1S/C21H27BrN2O5S/c1-5-15-8-10-19(17(22)12-15)29-14-21(25)23-18-13-16(9-11-20(18)28-4)30(26,27)24(6-2)7-3/h8-13H,5-7,14H2,1-4H3,(H,23,25). The zero-order chi connectivity index (χ0) is 22.3. The first kappa shape index (κ1) is 24.2. The molecule has 30 heavy (non-hydrogen) atoms. The van der Waals surface area contributed by atoms with Gasteiger partial charge in [0.25, 0.3) is 5.91 Å². The Bertz CT molecular complexity index is 991. The monoisotopic (exact) mass is 498 g/mol. The number of aryl methyl sites for hydroxylation is 1. The molecule has 0 aliphatic carbocycles. The highest BCUT2D eigenvalue weighted by molar-refractivity contribution is 9.10. The number of sulfonamides is 1. The highest BCUT2D eigenvalue weighted by atomic mass is 79.9. The van der Waals surface area contributed by atoms with Crippen molar-refractivity contribution in [1.29, 1.82) is 0 Å². The van der Waals surface area contributed by atoms with Gasteiger partial charge in [-0.2, -0.15) is 4.31 Å². The van der Waals surface area contributed by atoms with Gasteiger partial charge in [0.2, 0.25) is 10.0 Å². The minimum Gasteiger partial charge on any atom is -0.495 e. The Hall–Kier alpha value is -2.10. The van der Waals surface area contributed by atoms with Crippen LogP contribution in [0, 0.1) is 0 Å². The Balaban J connectivity index is 2.17. The van der Waals surface area contributed by atoms with Gasteiger partial charge < -0.3 is 14.8 Å². The molecule has 164 valence electrons. The van der Waals surface area contributed by atoms with Gasteiger partial charge in [-0.15, -0.1) is 0 Å². The van der Waals surface area contributed by atoms with Crippen molar-refractivity contribution >= 4 is 37.5 Å². The second-order valence-electron chi connectivity index (χ2n) is 6.41. The van der Waals surface area contributed by atoms with Crippen molar-refractivity contribution in [2.24, 2.45) is 0 Å². The van der Waals surface area contributed by atoms with E-state index in [1.165, 1.54) is 29.6 Å². The summed E-state index contributed by atoms with van der Waals surface area (Å²) >= 11 is 3.44. The maximum absolute atomic E-state index is 12.8. The van der Waals surface area contributed by atoms with Gasteiger partial charge in [0.05, 0.1) is 22.2 Å². The third kappa shape index (κ3) is 5.74. The molecule has 7 nitrogen and oxygen atoms in total. The number of halogens is 1. The van der Waals surface area contributed by atoms with Gasteiger partial charge in [-0.3, -0.25) is 4.79 Å². The number of hydrogen-bond acceptors (Lipinski definition) is 5. The van der Waals surface area contributed by atoms with Gasteiger partial charge in [0.1, 0.15) is 11.5 Å². The number of methoxy groups -OCH3 is 1. The predicted molar refractivity (Wildman–Crippen MR) is 121 cm³/mol. The molecule has 0 spiro atoms. The van der Waals surface area contributed by atoms with Gasteiger partial charge in [-0.1, -0.05) is 26.8 Å². The Morgan fingerprint density at radius 2 is 1.73 bits per heavy atom. The minimum atomic E-state index is -3.66. The fourth-order valence-electron chi connectivity index (χ4n) is 2.87. The van der Waals surface area contributed by atoms with E-state index in [9.17, 15) is 13.2 Å². The number of rotatable bonds is 10. The predicted octanol–water partition coefficient (Wildman–Crippen LogP) is 4.07. The van der Waals surface area contributed by atoms with Crippen LogP contribution >= 0.6 is 15.9 Å². The van der Waals surface area contributed by atoms with Crippen LogP contribution in [0.4, 0.5) is 5.69 Å². The summed E-state index contributed by atoms with van der Waals surface area (Å²) in [7, 11) is -2.21. The fourth-order valence-corrected chi connectivity index (χ4v) is 4.89. The number of anilines is 1. The molecule has 0 saturated carbocycles. The summed E-state index contributed by atoms with van der Waals surface area (Å²) < 4.78 is 38.5. The zero-order valence-electron chi connectivity index (χ0n) is 17.6. The summed E-state index contributed by atoms with van der Waals surface area (Å²) in [6.45, 7) is 6.07. The van der Waals surface area contributed by atoms with Crippen molar-refractivity contribution in [3.63, 3.8) is 0 Å². The number of carbonyl (C=O) groups is 1. The van der Waals surface area contributed by atoms with E-state index in [0.717, 1.165) is 16.5 Å². The van der Waals surface area contributed by atoms with Gasteiger partial charge in [-0.05, 0) is 58.2 Å². The van der Waals surface area contributed by atoms with Gasteiger partial charge in [-0.25, -0.2) is 8.42 Å². The smallest absolute Gasteiger partial charge is 0.262 e. The number of nitrogens with one attached hydrogen (secondary N) is 1. The van der Waals surface area contributed by atoms with E-state index in [0.29, 0.717) is 24.6 Å². The normalized spacial score (nSPS) is 11.4. The van der Waals surface area contributed by atoms with Crippen molar-refractivity contribution < 1.29 is 22.7 Å². The lowest BCUT2D eigenvalue weighted by atomic mass is 10.2. The Labute approximate surface area is 186 Å². The maximum atomic E-state index is 12.8. The Kier molecular flexibility index (Phi) is 8.69. The van der Waals surface area contributed by atoms with Crippen LogP contribution in [0.15, 0.2) is 45.8 Å². The molecule has 2 rings (SSSR count). The van der Waals surface area contributed by atoms with Crippen LogP contribution in [0.1, 0.15) is 26.3 Å². The van der Waals surface area contributed by atoms with Crippen molar-refractivity contribution in [2.75, 3.05) is 32.1 Å². The quantitative estimate of drug-likeness (QED) is 0.533. The second kappa shape index (κ2) is 10.8. The van der Waals surface area contributed by atoms with Crippen molar-refractivity contribution in [3.05, 3.63) is 46.4 Å². The van der Waals surface area contributed by atoms with Gasteiger partial charge in [0, 0.05) is 13.1 Å². The first-order valence-corrected chi connectivity index (χ1v) is 11.9. The second-order valence-corrected chi connectivity index (χ2v) is 9.20. The Morgan fingerprint density at radius 3 is 2.30 bits per heavy atom. The summed E-state index contributed by atoms with van der Waals surface area (Å²) in [6, 6.07) is 10.1. The van der Waals surface area contributed by atoms with E-state index < -0.39 is 15.9 Å². The molecule has 0 aliphatic rings. The molecule has 0 aliphatic heterocycles. The third-order valence-electron chi connectivity index (χ3n) is 4.55. The summed E-state index contributed by atoms with van der Waals surface area (Å²) in [4.78, 5) is 12.5. The number of benzene rings is 2. The molecule has 1 amide bonds. The summed E-state index contributed by atoms with van der Waals surface area (Å²) in [6.07, 6.45) is 0.895.